The summed E-state index contributed by atoms with van der Waals surface area (Å²) >= 11 is 0. The zero-order valence-corrected chi connectivity index (χ0v) is 19.1. The normalized spacial score (nSPS) is 20.5. The number of hydrogen-bond donors (Lipinski definition) is 3. The second kappa shape index (κ2) is 9.03. The zero-order chi connectivity index (χ0) is 22.9. The van der Waals surface area contributed by atoms with E-state index in [4.69, 9.17) is 14.4 Å². The summed E-state index contributed by atoms with van der Waals surface area (Å²) in [6.45, 7) is 0.717. The second-order valence-electron chi connectivity index (χ2n) is 9.40. The molecule has 178 valence electrons. The Morgan fingerprint density at radius 1 is 1.09 bits per heavy atom. The summed E-state index contributed by atoms with van der Waals surface area (Å²) in [5, 5.41) is 21.3. The number of hydrogen-bond acceptors (Lipinski definition) is 9. The summed E-state index contributed by atoms with van der Waals surface area (Å²) in [5.74, 6) is 2.53. The minimum atomic E-state index is -0.387. The monoisotopic (exact) mass is 463 g/mol. The molecule has 3 aliphatic rings. The fraction of sp³-hybridized carbons (Fsp3) is 0.565. The van der Waals surface area contributed by atoms with Crippen LogP contribution in [-0.4, -0.2) is 48.9 Å². The minimum absolute atomic E-state index is 0.0985. The van der Waals surface area contributed by atoms with Gasteiger partial charge in [-0.05, 0) is 44.9 Å². The van der Waals surface area contributed by atoms with Gasteiger partial charge in [-0.25, -0.2) is 4.98 Å². The van der Waals surface area contributed by atoms with E-state index in [0.717, 1.165) is 48.6 Å². The van der Waals surface area contributed by atoms with Crippen molar-refractivity contribution in [3.63, 3.8) is 0 Å². The molecule has 0 bridgehead atoms. The third-order valence-corrected chi connectivity index (χ3v) is 7.21. The molecule has 2 aliphatic carbocycles. The predicted molar refractivity (Wildman–Crippen MR) is 125 cm³/mol. The van der Waals surface area contributed by atoms with Gasteiger partial charge in [-0.1, -0.05) is 24.4 Å². The smallest absolute Gasteiger partial charge is 0.322 e. The summed E-state index contributed by atoms with van der Waals surface area (Å²) in [7, 11) is 0. The van der Waals surface area contributed by atoms with Crippen LogP contribution in [0, 0.1) is 0 Å². The van der Waals surface area contributed by atoms with Crippen LogP contribution in [0.2, 0.25) is 0 Å². The van der Waals surface area contributed by atoms with E-state index < -0.39 is 0 Å². The number of carbonyl (C=O) groups is 1. The van der Waals surface area contributed by atoms with E-state index in [9.17, 15) is 4.79 Å². The molecule has 3 aromatic rings. The van der Waals surface area contributed by atoms with Crippen molar-refractivity contribution >= 4 is 29.5 Å². The van der Waals surface area contributed by atoms with E-state index in [2.05, 4.69) is 37.1 Å². The molecule has 3 N–H and O–H groups in total. The molecular weight excluding hydrogens is 434 g/mol. The van der Waals surface area contributed by atoms with Gasteiger partial charge in [0.25, 0.3) is 5.91 Å². The molecule has 11 nitrogen and oxygen atoms in total. The first-order chi connectivity index (χ1) is 16.7. The van der Waals surface area contributed by atoms with Crippen LogP contribution in [-0.2, 0) is 17.6 Å². The number of amides is 1. The highest BCUT2D eigenvalue weighted by atomic mass is 16.4. The fourth-order valence-electron chi connectivity index (χ4n) is 5.49. The third-order valence-electron chi connectivity index (χ3n) is 7.21. The molecule has 3 aromatic heterocycles. The minimum Gasteiger partial charge on any atom is -0.411 e. The van der Waals surface area contributed by atoms with Crippen LogP contribution in [0.3, 0.4) is 0 Å². The lowest BCUT2D eigenvalue weighted by Gasteiger charge is -2.24. The van der Waals surface area contributed by atoms with Crippen LogP contribution >= 0.6 is 0 Å². The Labute approximate surface area is 197 Å². The van der Waals surface area contributed by atoms with Crippen molar-refractivity contribution in [3.8, 4) is 0 Å². The fourth-order valence-corrected chi connectivity index (χ4v) is 5.49. The first-order valence-corrected chi connectivity index (χ1v) is 12.3. The third kappa shape index (κ3) is 4.10. The summed E-state index contributed by atoms with van der Waals surface area (Å²) in [4.78, 5) is 24.6. The van der Waals surface area contributed by atoms with Gasteiger partial charge >= 0.3 is 6.01 Å². The molecule has 0 aromatic carbocycles. The number of H-pyrrole nitrogens is 1. The number of aromatic nitrogens is 6. The van der Waals surface area contributed by atoms with Gasteiger partial charge in [0.2, 0.25) is 12.3 Å². The zero-order valence-electron chi connectivity index (χ0n) is 19.1. The van der Waals surface area contributed by atoms with Crippen LogP contribution in [0.25, 0.3) is 0 Å². The Morgan fingerprint density at radius 3 is 2.85 bits per heavy atom. The lowest BCUT2D eigenvalue weighted by molar-refractivity contribution is -0.117. The maximum atomic E-state index is 12.9. The van der Waals surface area contributed by atoms with Gasteiger partial charge in [-0.15, -0.1) is 5.10 Å². The van der Waals surface area contributed by atoms with Crippen molar-refractivity contribution in [1.82, 2.24) is 30.4 Å². The average molecular weight is 464 g/mol. The van der Waals surface area contributed by atoms with Gasteiger partial charge in [0, 0.05) is 29.8 Å². The SMILES string of the molecule is O=C(Nc1nnco1)C1CCCN1c1nc2c(c(Nc3cc(C4CCCCC4)[nH]n3)n1)CCC2. The van der Waals surface area contributed by atoms with E-state index in [1.165, 1.54) is 44.2 Å². The van der Waals surface area contributed by atoms with Crippen molar-refractivity contribution < 1.29 is 9.21 Å². The highest BCUT2D eigenvalue weighted by Gasteiger charge is 2.34. The first-order valence-electron chi connectivity index (χ1n) is 12.3. The van der Waals surface area contributed by atoms with Crippen LogP contribution in [0.1, 0.15) is 74.2 Å². The van der Waals surface area contributed by atoms with Crippen molar-refractivity contribution in [2.45, 2.75) is 76.2 Å². The van der Waals surface area contributed by atoms with Gasteiger partial charge in [0.15, 0.2) is 5.82 Å². The number of nitrogens with one attached hydrogen (secondary N) is 3. The van der Waals surface area contributed by atoms with Crippen LogP contribution < -0.4 is 15.5 Å². The quantitative estimate of drug-likeness (QED) is 0.501. The molecular formula is C23H29N9O2. The summed E-state index contributed by atoms with van der Waals surface area (Å²) in [6, 6.07) is 1.83. The van der Waals surface area contributed by atoms with Crippen molar-refractivity contribution in [3.05, 3.63) is 29.4 Å². The predicted octanol–water partition coefficient (Wildman–Crippen LogP) is 3.47. The van der Waals surface area contributed by atoms with Crippen molar-refractivity contribution in [2.24, 2.45) is 0 Å². The Morgan fingerprint density at radius 2 is 2.00 bits per heavy atom. The van der Waals surface area contributed by atoms with E-state index >= 15 is 0 Å². The van der Waals surface area contributed by atoms with E-state index in [0.29, 0.717) is 24.8 Å². The topological polar surface area (TPSA) is 138 Å². The van der Waals surface area contributed by atoms with Crippen molar-refractivity contribution in [2.75, 3.05) is 22.1 Å². The van der Waals surface area contributed by atoms with Crippen LogP contribution in [0.4, 0.5) is 23.6 Å². The largest absolute Gasteiger partial charge is 0.411 e. The number of fused-ring (bicyclic) bond motifs is 1. The van der Waals surface area contributed by atoms with Gasteiger partial charge in [0.1, 0.15) is 11.9 Å². The number of carbonyl (C=O) groups excluding carboxylic acids is 1. The van der Waals surface area contributed by atoms with Gasteiger partial charge < -0.3 is 14.6 Å². The van der Waals surface area contributed by atoms with E-state index in [1.807, 2.05) is 4.90 Å². The Bertz CT molecular complexity index is 1150. The highest BCUT2D eigenvalue weighted by Crippen LogP contribution is 2.35. The molecule has 11 heteroatoms. The number of rotatable bonds is 6. The van der Waals surface area contributed by atoms with Crippen LogP contribution in [0.5, 0.6) is 0 Å². The standard InChI is InChI=1S/C23H29N9O2/c33-21(28-23-31-24-13-34-23)18-10-5-11-32(18)22-25-16-9-4-8-15(16)20(27-22)26-19-12-17(29-30-19)14-6-2-1-3-7-14/h12-14,18H,1-11H2,(H,28,31,33)(H2,25,26,27,29,30). The molecule has 1 atom stereocenters. The maximum Gasteiger partial charge on any atom is 0.322 e. The molecule has 1 unspecified atom stereocenters. The lowest BCUT2D eigenvalue weighted by atomic mass is 9.87. The van der Waals surface area contributed by atoms with Gasteiger partial charge in [-0.3, -0.25) is 15.2 Å². The Kier molecular flexibility index (Phi) is 5.60. The molecule has 1 saturated carbocycles. The van der Waals surface area contributed by atoms with Crippen molar-refractivity contribution in [1.29, 1.82) is 0 Å². The summed E-state index contributed by atoms with van der Waals surface area (Å²) < 4.78 is 5.07. The molecule has 0 spiro atoms. The average Bonchev–Trinajstić information content (AvgIpc) is 3.67. The number of aryl methyl sites for hydroxylation is 1. The Balaban J connectivity index is 1.24. The maximum absolute atomic E-state index is 12.9. The molecule has 34 heavy (non-hydrogen) atoms. The molecule has 1 amide bonds. The molecule has 2 fully saturated rings. The molecule has 0 radical (unpaired) electrons. The van der Waals surface area contributed by atoms with Gasteiger partial charge in [-0.2, -0.15) is 10.1 Å². The second-order valence-corrected chi connectivity index (χ2v) is 9.40. The highest BCUT2D eigenvalue weighted by molar-refractivity contribution is 5.95. The van der Waals surface area contributed by atoms with Crippen LogP contribution in [0.15, 0.2) is 16.9 Å². The van der Waals surface area contributed by atoms with E-state index in [1.54, 1.807) is 0 Å². The molecule has 1 aliphatic heterocycles. The molecule has 4 heterocycles. The molecule has 1 saturated heterocycles. The summed E-state index contributed by atoms with van der Waals surface area (Å²) in [6.07, 6.45) is 12.0. The first kappa shape index (κ1) is 21.1. The number of aromatic amines is 1. The Hall–Kier alpha value is -3.50. The molecule has 6 rings (SSSR count). The number of nitrogens with zero attached hydrogens (tertiary/aromatic N) is 6. The van der Waals surface area contributed by atoms with Gasteiger partial charge in [0.05, 0.1) is 5.69 Å². The number of anilines is 4. The lowest BCUT2D eigenvalue weighted by Crippen LogP contribution is -2.40. The summed E-state index contributed by atoms with van der Waals surface area (Å²) in [5.41, 5.74) is 3.40. The van der Waals surface area contributed by atoms with E-state index in [-0.39, 0.29) is 18.0 Å².